The second-order valence-electron chi connectivity index (χ2n) is 22.2. The summed E-state index contributed by atoms with van der Waals surface area (Å²) in [5.74, 6) is 0.00814. The van der Waals surface area contributed by atoms with Gasteiger partial charge < -0.3 is 29.2 Å². The molecule has 0 aliphatic heterocycles. The van der Waals surface area contributed by atoms with Crippen molar-refractivity contribution in [2.75, 3.05) is 35.6 Å². The number of nitrogens with zero attached hydrogens (tertiary/aromatic N) is 3. The predicted octanol–water partition coefficient (Wildman–Crippen LogP) is 11.0. The summed E-state index contributed by atoms with van der Waals surface area (Å²) >= 11 is 0. The Kier molecular flexibility index (Phi) is 20.6. The number of nitrogens with one attached hydrogen (secondary N) is 6. The highest BCUT2D eigenvalue weighted by Crippen LogP contribution is 2.31. The normalized spacial score (nSPS) is 22.2. The number of oxazole rings is 3. The smallest absolute Gasteiger partial charge is 0.295 e. The first-order valence-electron chi connectivity index (χ1n) is 27.3. The van der Waals surface area contributed by atoms with E-state index in [1.54, 1.807) is 52.8 Å². The third-order valence-electron chi connectivity index (χ3n) is 15.3. The Bertz CT molecular complexity index is 3090. The Morgan fingerprint density at radius 2 is 0.821 bits per heavy atom. The molecule has 0 spiro atoms. The van der Waals surface area contributed by atoms with Gasteiger partial charge in [0, 0.05) is 56.0 Å². The van der Waals surface area contributed by atoms with E-state index in [2.05, 4.69) is 45.1 Å². The average Bonchev–Trinajstić information content (AvgIpc) is 4.15. The van der Waals surface area contributed by atoms with Crippen molar-refractivity contribution in [1.82, 2.24) is 29.1 Å². The highest BCUT2D eigenvalue weighted by atomic mass is 32.2. The van der Waals surface area contributed by atoms with Gasteiger partial charge in [-0.1, -0.05) is 13.8 Å². The van der Waals surface area contributed by atoms with Crippen molar-refractivity contribution in [1.29, 1.82) is 0 Å². The zero-order chi connectivity index (χ0) is 56.4. The molecule has 78 heavy (non-hydrogen) atoms. The molecule has 18 nitrogen and oxygen atoms in total. The minimum absolute atomic E-state index is 0.225. The zero-order valence-electron chi connectivity index (χ0n) is 45.7. The highest BCUT2D eigenvalue weighted by molar-refractivity contribution is 7.91. The summed E-state index contributed by atoms with van der Waals surface area (Å²) in [6.45, 7) is 13.8. The van der Waals surface area contributed by atoms with Crippen LogP contribution in [-0.4, -0.2) is 93.2 Å². The molecular weight excluding hydrogens is 1070 g/mol. The van der Waals surface area contributed by atoms with Gasteiger partial charge in [-0.15, -0.1) is 0 Å². The number of halogens is 3. The molecule has 3 aromatic heterocycles. The van der Waals surface area contributed by atoms with Crippen molar-refractivity contribution in [2.45, 2.75) is 172 Å². The third kappa shape index (κ3) is 17.0. The van der Waals surface area contributed by atoms with Gasteiger partial charge in [0.1, 0.15) is 34.0 Å². The summed E-state index contributed by atoms with van der Waals surface area (Å²) in [5.41, 5.74) is 3.17. The van der Waals surface area contributed by atoms with Crippen LogP contribution < -0.4 is 30.1 Å². The minimum Gasteiger partial charge on any atom is -0.424 e. The molecule has 0 bridgehead atoms. The molecule has 3 aromatic carbocycles. The summed E-state index contributed by atoms with van der Waals surface area (Å²) in [7, 11) is -9.72. The van der Waals surface area contributed by atoms with Crippen molar-refractivity contribution in [3.05, 3.63) is 72.0 Å². The van der Waals surface area contributed by atoms with Crippen molar-refractivity contribution in [3.8, 4) is 0 Å². The quantitative estimate of drug-likeness (QED) is 0.0441. The van der Waals surface area contributed by atoms with Gasteiger partial charge in [-0.25, -0.2) is 52.6 Å². The lowest BCUT2D eigenvalue weighted by Gasteiger charge is -2.29. The summed E-state index contributed by atoms with van der Waals surface area (Å²) < 4.78 is 136. The van der Waals surface area contributed by atoms with Gasteiger partial charge in [0.2, 0.25) is 30.1 Å². The van der Waals surface area contributed by atoms with E-state index in [-0.39, 0.29) is 46.1 Å². The van der Waals surface area contributed by atoms with Gasteiger partial charge in [0.15, 0.2) is 16.7 Å². The number of sulfonamides is 3. The molecule has 2 unspecified atom stereocenters. The molecule has 3 saturated carbocycles. The van der Waals surface area contributed by atoms with E-state index < -0.39 is 34.8 Å². The lowest BCUT2D eigenvalue weighted by Crippen LogP contribution is -2.42. The molecule has 6 aromatic rings. The fraction of sp³-hybridized carbons (Fsp3) is 0.611. The number of fused-ring (bicyclic) bond motifs is 3. The van der Waals surface area contributed by atoms with Crippen LogP contribution in [0.1, 0.15) is 138 Å². The monoisotopic (exact) mass is 1150 g/mol. The summed E-state index contributed by atoms with van der Waals surface area (Å²) in [6, 6.07) is 14.8. The Morgan fingerprint density at radius 3 is 1.19 bits per heavy atom. The molecule has 0 amide bonds. The minimum atomic E-state index is -3.30. The first kappa shape index (κ1) is 60.6. The molecule has 24 heteroatoms. The number of anilines is 3. The van der Waals surface area contributed by atoms with Crippen molar-refractivity contribution < 1.29 is 51.7 Å². The van der Waals surface area contributed by atoms with E-state index in [1.165, 1.54) is 36.4 Å². The summed E-state index contributed by atoms with van der Waals surface area (Å²) in [6.07, 6.45) is 12.3. The van der Waals surface area contributed by atoms with Crippen LogP contribution in [0.5, 0.6) is 0 Å². The van der Waals surface area contributed by atoms with Crippen LogP contribution in [-0.2, 0) is 30.1 Å². The molecule has 3 heterocycles. The van der Waals surface area contributed by atoms with Crippen LogP contribution in [0.15, 0.2) is 67.8 Å². The van der Waals surface area contributed by atoms with Gasteiger partial charge in [0.25, 0.3) is 18.0 Å². The van der Waals surface area contributed by atoms with Gasteiger partial charge in [-0.05, 0) is 179 Å². The Balaban J connectivity index is 0.000000170. The van der Waals surface area contributed by atoms with Gasteiger partial charge in [-0.3, -0.25) is 0 Å². The number of aromatic nitrogens is 3. The van der Waals surface area contributed by atoms with Crippen LogP contribution in [0.25, 0.3) is 33.3 Å². The van der Waals surface area contributed by atoms with Gasteiger partial charge >= 0.3 is 0 Å². The molecule has 3 fully saturated rings. The van der Waals surface area contributed by atoms with E-state index in [4.69, 9.17) is 13.3 Å². The van der Waals surface area contributed by atoms with E-state index >= 15 is 0 Å². The number of benzene rings is 3. The van der Waals surface area contributed by atoms with Gasteiger partial charge in [-0.2, -0.15) is 15.0 Å². The van der Waals surface area contributed by atoms with Crippen LogP contribution in [0.3, 0.4) is 0 Å². The topological polar surface area (TPSA) is 253 Å². The lowest BCUT2D eigenvalue weighted by molar-refractivity contribution is 0.333. The number of hydrogen-bond acceptors (Lipinski definition) is 15. The maximum Gasteiger partial charge on any atom is 0.295 e. The molecule has 6 N–H and O–H groups in total. The second kappa shape index (κ2) is 26.5. The lowest BCUT2D eigenvalue weighted by atomic mass is 9.86. The molecule has 432 valence electrons. The number of hydrogen-bond donors (Lipinski definition) is 6. The first-order valence-corrected chi connectivity index (χ1v) is 31.9. The molecule has 3 aliphatic carbocycles. The fourth-order valence-electron chi connectivity index (χ4n) is 9.57. The van der Waals surface area contributed by atoms with Crippen LogP contribution in [0.4, 0.5) is 31.2 Å². The second-order valence-corrected chi connectivity index (χ2v) is 29.1. The van der Waals surface area contributed by atoms with E-state index in [9.17, 15) is 38.4 Å². The summed E-state index contributed by atoms with van der Waals surface area (Å²) in [4.78, 5) is 12.9. The van der Waals surface area contributed by atoms with E-state index in [1.807, 2.05) is 13.8 Å². The first-order chi connectivity index (χ1) is 36.9. The van der Waals surface area contributed by atoms with E-state index in [0.717, 1.165) is 77.0 Å². The Hall–Kier alpha value is -5.01. The van der Waals surface area contributed by atoms with E-state index in [0.29, 0.717) is 102 Å². The van der Waals surface area contributed by atoms with Gasteiger partial charge in [0.05, 0.1) is 15.2 Å². The maximum atomic E-state index is 13.2. The Labute approximate surface area is 457 Å². The third-order valence-corrected chi connectivity index (χ3v) is 21.4. The van der Waals surface area contributed by atoms with Crippen molar-refractivity contribution in [2.24, 2.45) is 17.8 Å². The van der Waals surface area contributed by atoms with Crippen LogP contribution >= 0.6 is 0 Å². The zero-order valence-corrected chi connectivity index (χ0v) is 48.2. The molecule has 9 rings (SSSR count). The fourth-order valence-corrected chi connectivity index (χ4v) is 12.8. The molecular formula is C54H78F3N9O9S3. The average molecular weight is 1150 g/mol. The number of rotatable bonds is 19. The maximum absolute atomic E-state index is 13.2. The largest absolute Gasteiger partial charge is 0.424 e. The highest BCUT2D eigenvalue weighted by Gasteiger charge is 2.31. The standard InChI is InChI=1S/3C18H26FN3O3S/c1-18(2,3)26(23,24)20-11-12-4-7-14(8-5-12)21-17-22-15-9-6-13(19)10-16(15)25-17;1-3-12(2)26(23,24)20-11-13-4-7-15(8-5-13)21-18-22-16-10-14(19)6-9-17(16)25-18;1-3-12(2)26(23,24)20-11-13-4-7-15(8-5-13)21-18-22-16-9-6-14(19)10-17(16)25-18/h6,9-10,12,14,20H,4-5,7-8,11H2,1-3H3,(H,21,22);2*6,9-10,12-13,15,20H,3-5,7-8,11H2,1-2H3,(H,21,22). The molecule has 0 radical (unpaired) electrons. The van der Waals surface area contributed by atoms with Crippen LogP contribution in [0, 0.1) is 35.2 Å². The molecule has 2 atom stereocenters. The predicted molar refractivity (Wildman–Crippen MR) is 300 cm³/mol. The summed E-state index contributed by atoms with van der Waals surface area (Å²) in [5, 5.41) is 9.10. The van der Waals surface area contributed by atoms with Crippen LogP contribution in [0.2, 0.25) is 0 Å². The van der Waals surface area contributed by atoms with Crippen molar-refractivity contribution >= 4 is 81.4 Å². The Morgan fingerprint density at radius 1 is 0.487 bits per heavy atom. The molecule has 3 aliphatic rings. The van der Waals surface area contributed by atoms with Crippen molar-refractivity contribution in [3.63, 3.8) is 0 Å². The molecule has 0 saturated heterocycles. The SMILES string of the molecule is CC(C)(C)S(=O)(=O)NCC1CCC(Nc2nc3ccc(F)cc3o2)CC1.CCC(C)S(=O)(=O)NCC1CCC(Nc2nc3cc(F)ccc3o2)CC1.CCC(C)S(=O)(=O)NCC1CCC(Nc2nc3ccc(F)cc3o2)CC1.